The van der Waals surface area contributed by atoms with Crippen LogP contribution in [-0.2, 0) is 9.53 Å². The first kappa shape index (κ1) is 15.3. The monoisotopic (exact) mass is 325 g/mol. The van der Waals surface area contributed by atoms with Crippen LogP contribution in [0.2, 0.25) is 0 Å². The number of carbonyl (C=O) groups excluding carboxylic acids is 1. The van der Waals surface area contributed by atoms with E-state index in [-0.39, 0.29) is 29.5 Å². The van der Waals surface area contributed by atoms with Gasteiger partial charge in [0.25, 0.3) is 0 Å². The number of halogens is 1. The summed E-state index contributed by atoms with van der Waals surface area (Å²) in [5.74, 6) is 0.109. The van der Waals surface area contributed by atoms with Crippen molar-refractivity contribution in [3.63, 3.8) is 0 Å². The van der Waals surface area contributed by atoms with E-state index in [1.54, 1.807) is 12.1 Å². The highest BCUT2D eigenvalue weighted by molar-refractivity contribution is 5.80. The van der Waals surface area contributed by atoms with Gasteiger partial charge in [-0.25, -0.2) is 4.39 Å². The minimum Gasteiger partial charge on any atom is -0.466 e. The number of nitrogens with zero attached hydrogens (tertiary/aromatic N) is 1. The van der Waals surface area contributed by atoms with Crippen molar-refractivity contribution in [1.82, 2.24) is 4.98 Å². The third kappa shape index (κ3) is 2.81. The second-order valence-corrected chi connectivity index (χ2v) is 6.67. The lowest BCUT2D eigenvalue weighted by Crippen LogP contribution is -2.08. The summed E-state index contributed by atoms with van der Waals surface area (Å²) in [4.78, 5) is 16.8. The molecule has 1 aromatic carbocycles. The molecule has 2 fully saturated rings. The maximum atomic E-state index is 13.2. The first-order valence-electron chi connectivity index (χ1n) is 8.57. The molecule has 0 saturated heterocycles. The van der Waals surface area contributed by atoms with E-state index in [0.717, 1.165) is 16.8 Å². The SMILES string of the molecule is CCOC(=O)C1C(c2ccc(F)cc2)C1c1ccnc(C2CC2)c1. The molecular formula is C20H20FNO2. The van der Waals surface area contributed by atoms with Gasteiger partial charge in [0, 0.05) is 29.6 Å². The standard InChI is InChI=1S/C20H20FNO2/c1-2-24-20(23)19-17(13-5-7-15(21)8-6-13)18(19)14-9-10-22-16(11-14)12-3-4-12/h5-12,17-19H,2-4H2,1H3. The summed E-state index contributed by atoms with van der Waals surface area (Å²) in [6.07, 6.45) is 4.23. The molecule has 2 aliphatic carbocycles. The van der Waals surface area contributed by atoms with Crippen LogP contribution < -0.4 is 0 Å². The van der Waals surface area contributed by atoms with E-state index in [1.165, 1.54) is 25.0 Å². The normalized spacial score (nSPS) is 25.3. The van der Waals surface area contributed by atoms with Gasteiger partial charge in [-0.2, -0.15) is 0 Å². The average Bonchev–Trinajstić information content (AvgIpc) is 3.48. The molecule has 0 spiro atoms. The molecule has 3 atom stereocenters. The van der Waals surface area contributed by atoms with Crippen molar-refractivity contribution in [3.8, 4) is 0 Å². The second kappa shape index (κ2) is 6.00. The Hall–Kier alpha value is -2.23. The van der Waals surface area contributed by atoms with Crippen LogP contribution in [0.1, 0.15) is 54.3 Å². The van der Waals surface area contributed by atoms with Crippen molar-refractivity contribution < 1.29 is 13.9 Å². The molecule has 0 amide bonds. The fourth-order valence-electron chi connectivity index (χ4n) is 3.63. The van der Waals surface area contributed by atoms with E-state index < -0.39 is 0 Å². The Labute approximate surface area is 140 Å². The number of benzene rings is 1. The summed E-state index contributed by atoms with van der Waals surface area (Å²) in [6, 6.07) is 10.6. The molecule has 4 rings (SSSR count). The lowest BCUT2D eigenvalue weighted by atomic mass is 10.0. The first-order valence-corrected chi connectivity index (χ1v) is 8.57. The van der Waals surface area contributed by atoms with Gasteiger partial charge < -0.3 is 4.74 Å². The van der Waals surface area contributed by atoms with Crippen molar-refractivity contribution in [3.05, 3.63) is 65.2 Å². The van der Waals surface area contributed by atoms with Crippen LogP contribution in [0, 0.1) is 11.7 Å². The van der Waals surface area contributed by atoms with Crippen molar-refractivity contribution >= 4 is 5.97 Å². The van der Waals surface area contributed by atoms with E-state index in [0.29, 0.717) is 12.5 Å². The summed E-state index contributed by atoms with van der Waals surface area (Å²) in [5.41, 5.74) is 3.25. The van der Waals surface area contributed by atoms with Crippen molar-refractivity contribution in [2.24, 2.45) is 5.92 Å². The molecule has 4 heteroatoms. The molecule has 0 aliphatic heterocycles. The zero-order valence-electron chi connectivity index (χ0n) is 13.6. The largest absolute Gasteiger partial charge is 0.466 e. The summed E-state index contributed by atoms with van der Waals surface area (Å²) in [7, 11) is 0. The van der Waals surface area contributed by atoms with Crippen LogP contribution in [-0.4, -0.2) is 17.6 Å². The smallest absolute Gasteiger partial charge is 0.310 e. The number of hydrogen-bond acceptors (Lipinski definition) is 3. The zero-order valence-corrected chi connectivity index (χ0v) is 13.6. The van der Waals surface area contributed by atoms with E-state index in [1.807, 2.05) is 19.2 Å². The molecule has 2 aromatic rings. The third-order valence-corrected chi connectivity index (χ3v) is 5.02. The molecule has 2 aliphatic rings. The van der Waals surface area contributed by atoms with Gasteiger partial charge >= 0.3 is 5.97 Å². The molecule has 124 valence electrons. The first-order chi connectivity index (χ1) is 11.7. The summed E-state index contributed by atoms with van der Waals surface area (Å²) >= 11 is 0. The molecular weight excluding hydrogens is 305 g/mol. The molecule has 0 N–H and O–H groups in total. The zero-order chi connectivity index (χ0) is 16.7. The van der Waals surface area contributed by atoms with Crippen molar-refractivity contribution in [1.29, 1.82) is 0 Å². The van der Waals surface area contributed by atoms with Gasteiger partial charge in [-0.3, -0.25) is 9.78 Å². The minimum absolute atomic E-state index is 0.0547. The summed E-state index contributed by atoms with van der Waals surface area (Å²) in [6.45, 7) is 2.20. The van der Waals surface area contributed by atoms with E-state index >= 15 is 0 Å². The molecule has 1 aromatic heterocycles. The van der Waals surface area contributed by atoms with Crippen LogP contribution in [0.25, 0.3) is 0 Å². The number of rotatable bonds is 5. The fraction of sp³-hybridized carbons (Fsp3) is 0.400. The molecule has 0 bridgehead atoms. The predicted octanol–water partition coefficient (Wildman–Crippen LogP) is 4.16. The lowest BCUT2D eigenvalue weighted by molar-refractivity contribution is -0.144. The Morgan fingerprint density at radius 3 is 2.54 bits per heavy atom. The summed E-state index contributed by atoms with van der Waals surface area (Å²) < 4.78 is 18.5. The average molecular weight is 325 g/mol. The van der Waals surface area contributed by atoms with E-state index in [2.05, 4.69) is 11.1 Å². The molecule has 1 heterocycles. The Bertz CT molecular complexity index is 754. The maximum absolute atomic E-state index is 13.2. The highest BCUT2D eigenvalue weighted by Gasteiger charge is 2.57. The van der Waals surface area contributed by atoms with Crippen LogP contribution in [0.4, 0.5) is 4.39 Å². The van der Waals surface area contributed by atoms with Gasteiger partial charge in [-0.05, 0) is 55.2 Å². The fourth-order valence-corrected chi connectivity index (χ4v) is 3.63. The quantitative estimate of drug-likeness (QED) is 0.775. The summed E-state index contributed by atoms with van der Waals surface area (Å²) in [5, 5.41) is 0. The van der Waals surface area contributed by atoms with Crippen molar-refractivity contribution in [2.75, 3.05) is 6.61 Å². The molecule has 0 radical (unpaired) electrons. The Morgan fingerprint density at radius 1 is 1.17 bits per heavy atom. The van der Waals surface area contributed by atoms with Crippen LogP contribution >= 0.6 is 0 Å². The highest BCUT2D eigenvalue weighted by atomic mass is 19.1. The van der Waals surface area contributed by atoms with E-state index in [9.17, 15) is 9.18 Å². The van der Waals surface area contributed by atoms with Gasteiger partial charge in [0.2, 0.25) is 0 Å². The van der Waals surface area contributed by atoms with Crippen LogP contribution in [0.5, 0.6) is 0 Å². The van der Waals surface area contributed by atoms with Crippen molar-refractivity contribution in [2.45, 2.75) is 37.5 Å². The molecule has 3 unspecified atom stereocenters. The van der Waals surface area contributed by atoms with Gasteiger partial charge in [0.1, 0.15) is 5.82 Å². The van der Waals surface area contributed by atoms with Gasteiger partial charge in [0.15, 0.2) is 0 Å². The Morgan fingerprint density at radius 2 is 1.88 bits per heavy atom. The minimum atomic E-state index is -0.261. The number of ether oxygens (including phenoxy) is 1. The number of hydrogen-bond donors (Lipinski definition) is 0. The number of aromatic nitrogens is 1. The lowest BCUT2D eigenvalue weighted by Gasteiger charge is -2.04. The Kier molecular flexibility index (Phi) is 3.83. The van der Waals surface area contributed by atoms with E-state index in [4.69, 9.17) is 4.74 Å². The number of carbonyl (C=O) groups is 1. The predicted molar refractivity (Wildman–Crippen MR) is 88.2 cm³/mol. The molecule has 3 nitrogen and oxygen atoms in total. The number of pyridine rings is 1. The van der Waals surface area contributed by atoms with Gasteiger partial charge in [-0.1, -0.05) is 12.1 Å². The Balaban J connectivity index is 1.64. The third-order valence-electron chi connectivity index (χ3n) is 5.02. The van der Waals surface area contributed by atoms with Gasteiger partial charge in [0.05, 0.1) is 12.5 Å². The van der Waals surface area contributed by atoms with Gasteiger partial charge in [-0.15, -0.1) is 0 Å². The maximum Gasteiger partial charge on any atom is 0.310 e. The molecule has 2 saturated carbocycles. The van der Waals surface area contributed by atoms with Crippen LogP contribution in [0.3, 0.4) is 0 Å². The highest BCUT2D eigenvalue weighted by Crippen LogP contribution is 2.61. The van der Waals surface area contributed by atoms with Crippen LogP contribution in [0.15, 0.2) is 42.6 Å². The number of esters is 1. The topological polar surface area (TPSA) is 39.2 Å². The molecule has 24 heavy (non-hydrogen) atoms. The second-order valence-electron chi connectivity index (χ2n) is 6.67.